The largest absolute Gasteiger partial charge is 0.490 e. The Kier molecular flexibility index (Phi) is 33.3. The molecule has 4 rings (SSSR count). The van der Waals surface area contributed by atoms with Crippen molar-refractivity contribution in [3.05, 3.63) is 36.4 Å². The predicted molar refractivity (Wildman–Crippen MR) is 314 cm³/mol. The minimum Gasteiger partial charge on any atom is -0.490 e. The van der Waals surface area contributed by atoms with Gasteiger partial charge in [0, 0.05) is 6.16 Å². The molecule has 0 spiro atoms. The van der Waals surface area contributed by atoms with E-state index in [1.807, 2.05) is 0 Å². The topological polar surface area (TPSA) is 113 Å². The van der Waals surface area contributed by atoms with Gasteiger partial charge in [-0.3, -0.25) is 4.57 Å². The molecule has 0 aliphatic heterocycles. The Morgan fingerprint density at radius 3 is 0.608 bits per heavy atom. The molecule has 2 N–H and O–H groups in total. The zero-order valence-electron chi connectivity index (χ0n) is 47.7. The smallest absolute Gasteiger partial charge is 0.325 e. The Balaban J connectivity index is 1.79. The Morgan fingerprint density at radius 1 is 0.270 bits per heavy atom. The van der Waals surface area contributed by atoms with Crippen LogP contribution >= 0.6 is 7.60 Å². The maximum absolute atomic E-state index is 11.2. The first kappa shape index (κ1) is 63.1. The summed E-state index contributed by atoms with van der Waals surface area (Å²) in [5.41, 5.74) is 0. The monoisotopic (exact) mass is 1050 g/mol. The number of hydrogen-bond donors (Lipinski definition) is 2. The quantitative estimate of drug-likeness (QED) is 0.0254. The van der Waals surface area contributed by atoms with Crippen molar-refractivity contribution < 1.29 is 42.8 Å². The number of rotatable bonds is 48. The summed E-state index contributed by atoms with van der Waals surface area (Å²) < 4.78 is 51.7. The zero-order valence-corrected chi connectivity index (χ0v) is 48.5. The highest BCUT2D eigenvalue weighted by Gasteiger charge is 2.21. The first-order valence-electron chi connectivity index (χ1n) is 30.6. The fourth-order valence-corrected chi connectivity index (χ4v) is 10.6. The van der Waals surface area contributed by atoms with Crippen LogP contribution in [0.15, 0.2) is 36.4 Å². The van der Waals surface area contributed by atoms with Gasteiger partial charge in [0.15, 0.2) is 34.5 Å². The van der Waals surface area contributed by atoms with Gasteiger partial charge in [0.1, 0.15) is 0 Å². The summed E-state index contributed by atoms with van der Waals surface area (Å²) in [7, 11) is -3.89. The molecule has 0 atom stereocenters. The third-order valence-corrected chi connectivity index (χ3v) is 15.4. The Morgan fingerprint density at radius 2 is 0.432 bits per heavy atom. The van der Waals surface area contributed by atoms with E-state index in [0.29, 0.717) is 46.1 Å². The Bertz CT molecular complexity index is 2080. The molecule has 0 aliphatic carbocycles. The summed E-state index contributed by atoms with van der Waals surface area (Å²) in [6.45, 7) is 15.1. The Hall–Kier alpha value is -3.39. The number of benzene rings is 4. The number of ether oxygens (including phenoxy) is 6. The second-order valence-corrected chi connectivity index (χ2v) is 23.0. The first-order valence-corrected chi connectivity index (χ1v) is 32.4. The molecule has 4 aromatic carbocycles. The molecule has 9 nitrogen and oxygen atoms in total. The van der Waals surface area contributed by atoms with Crippen LogP contribution in [-0.4, -0.2) is 55.6 Å². The normalized spacial score (nSPS) is 11.8. The molecular weight excluding hydrogens is 944 g/mol. The minimum absolute atomic E-state index is 0.00251. The van der Waals surface area contributed by atoms with Crippen molar-refractivity contribution in [1.29, 1.82) is 0 Å². The number of fused-ring (bicyclic) bond motifs is 6. The molecule has 10 heteroatoms. The molecule has 0 saturated carbocycles. The lowest BCUT2D eigenvalue weighted by atomic mass is 9.93. The summed E-state index contributed by atoms with van der Waals surface area (Å²) >= 11 is 0. The van der Waals surface area contributed by atoms with Crippen molar-refractivity contribution in [2.75, 3.05) is 45.8 Å². The molecule has 74 heavy (non-hydrogen) atoms. The van der Waals surface area contributed by atoms with E-state index in [4.69, 9.17) is 38.2 Å². The molecule has 0 aromatic heterocycles. The van der Waals surface area contributed by atoms with Crippen LogP contribution in [0.4, 0.5) is 0 Å². The second kappa shape index (κ2) is 39.0. The van der Waals surface area contributed by atoms with E-state index in [-0.39, 0.29) is 6.16 Å². The molecule has 0 saturated heterocycles. The van der Waals surface area contributed by atoms with Gasteiger partial charge in [-0.15, -0.1) is 0 Å². The van der Waals surface area contributed by atoms with Gasteiger partial charge in [0.05, 0.1) is 39.6 Å². The van der Waals surface area contributed by atoms with E-state index in [0.717, 1.165) is 182 Å². The highest BCUT2D eigenvalue weighted by Crippen LogP contribution is 2.47. The Labute approximate surface area is 450 Å². The molecule has 0 aliphatic rings. The van der Waals surface area contributed by atoms with Crippen molar-refractivity contribution in [2.45, 2.75) is 253 Å². The fraction of sp³-hybridized carbons (Fsp3) is 0.719. The van der Waals surface area contributed by atoms with Gasteiger partial charge in [-0.2, -0.15) is 0 Å². The van der Waals surface area contributed by atoms with Crippen LogP contribution < -0.4 is 28.4 Å². The van der Waals surface area contributed by atoms with Gasteiger partial charge in [-0.25, -0.2) is 0 Å². The predicted octanol–water partition coefficient (Wildman–Crippen LogP) is 20.0. The molecule has 0 fully saturated rings. The van der Waals surface area contributed by atoms with E-state index in [1.165, 1.54) is 96.3 Å². The second-order valence-electron chi connectivity index (χ2n) is 21.3. The van der Waals surface area contributed by atoms with Crippen LogP contribution in [-0.2, 0) is 4.57 Å². The average Bonchev–Trinajstić information content (AvgIpc) is 3.39. The highest BCUT2D eigenvalue weighted by molar-refractivity contribution is 7.51. The van der Waals surface area contributed by atoms with Crippen LogP contribution in [0.3, 0.4) is 0 Å². The van der Waals surface area contributed by atoms with Crippen LogP contribution in [0, 0.1) is 0 Å². The van der Waals surface area contributed by atoms with E-state index in [9.17, 15) is 4.57 Å². The summed E-state index contributed by atoms with van der Waals surface area (Å²) in [5, 5.41) is 6.57. The molecule has 4 aromatic rings. The van der Waals surface area contributed by atoms with Crippen molar-refractivity contribution in [2.24, 2.45) is 0 Å². The maximum Gasteiger partial charge on any atom is 0.325 e. The minimum atomic E-state index is -3.89. The molecule has 0 amide bonds. The average molecular weight is 1050 g/mol. The van der Waals surface area contributed by atoms with Gasteiger partial charge in [-0.05, 0) is 114 Å². The molecule has 420 valence electrons. The van der Waals surface area contributed by atoms with Gasteiger partial charge in [0.2, 0.25) is 0 Å². The van der Waals surface area contributed by atoms with E-state index < -0.39 is 7.60 Å². The summed E-state index contributed by atoms with van der Waals surface area (Å²) in [6, 6.07) is 13.4. The number of hydrogen-bond acceptors (Lipinski definition) is 7. The van der Waals surface area contributed by atoms with E-state index in [2.05, 4.69) is 71.0 Å². The summed E-state index contributed by atoms with van der Waals surface area (Å²) in [6.07, 6.45) is 38.3. The van der Waals surface area contributed by atoms with Crippen molar-refractivity contribution in [1.82, 2.24) is 0 Å². The van der Waals surface area contributed by atoms with Gasteiger partial charge in [0.25, 0.3) is 0 Å². The van der Waals surface area contributed by atoms with Gasteiger partial charge in [-0.1, -0.05) is 208 Å². The fourth-order valence-electron chi connectivity index (χ4n) is 9.97. The van der Waals surface area contributed by atoms with Gasteiger partial charge < -0.3 is 38.2 Å². The third kappa shape index (κ3) is 24.7. The zero-order chi connectivity index (χ0) is 52.9. The van der Waals surface area contributed by atoms with Crippen molar-refractivity contribution in [3.8, 4) is 34.5 Å². The molecular formula is C64H105O9P. The summed E-state index contributed by atoms with van der Waals surface area (Å²) in [4.78, 5) is 18.3. The van der Waals surface area contributed by atoms with Crippen LogP contribution in [0.2, 0.25) is 0 Å². The lowest BCUT2D eigenvalue weighted by molar-refractivity contribution is 0.258. The van der Waals surface area contributed by atoms with Crippen molar-refractivity contribution in [3.63, 3.8) is 0 Å². The molecule has 0 heterocycles. The highest BCUT2D eigenvalue weighted by atomic mass is 31.2. The molecule has 0 bridgehead atoms. The SMILES string of the molecule is CCCCCCCOc1cc2c3cc(OCCCCCCC)c(OCCCCCCC)cc3c3cc(OCCCCCCCCCCCP(=O)(O)O)c(OCCCCCCC)cc3c2cc1OCCCCCCC. The summed E-state index contributed by atoms with van der Waals surface area (Å²) in [5.74, 6) is 4.75. The standard InChI is InChI=1S/C64H105O9P/c1-6-11-16-26-33-40-68-59-47-53-54-48-60(69-41-34-27-17-12-7-2)62(71-43-36-29-19-14-9-4)50-56(54)58-52-64(73-45-38-31-24-22-21-23-25-32-39-46-74(65,66)67)63(72-44-37-30-20-15-10-5)51-57(58)55(53)49-61(59)70-42-35-28-18-13-8-3/h47-52H,6-46H2,1-5H3,(H2,65,66,67). The van der Waals surface area contributed by atoms with Crippen LogP contribution in [0.25, 0.3) is 32.3 Å². The lowest BCUT2D eigenvalue weighted by Gasteiger charge is -2.21. The molecule has 0 unspecified atom stereocenters. The first-order chi connectivity index (χ1) is 36.2. The third-order valence-electron chi connectivity index (χ3n) is 14.5. The van der Waals surface area contributed by atoms with Crippen LogP contribution in [0.1, 0.15) is 253 Å². The maximum atomic E-state index is 11.2. The van der Waals surface area contributed by atoms with Gasteiger partial charge >= 0.3 is 7.60 Å². The lowest BCUT2D eigenvalue weighted by Crippen LogP contribution is -2.05. The van der Waals surface area contributed by atoms with E-state index in [1.54, 1.807) is 0 Å². The van der Waals surface area contributed by atoms with E-state index >= 15 is 0 Å². The van der Waals surface area contributed by atoms with Crippen LogP contribution in [0.5, 0.6) is 34.5 Å². The number of unbranched alkanes of at least 4 members (excludes halogenated alkanes) is 28. The molecule has 0 radical (unpaired) electrons. The van der Waals surface area contributed by atoms with Crippen molar-refractivity contribution >= 4 is 39.9 Å².